The topological polar surface area (TPSA) is 110 Å². The number of para-hydroxylation sites is 2. The lowest BCUT2D eigenvalue weighted by atomic mass is 10.2. The normalized spacial score (nSPS) is 11.1. The molecule has 58 heavy (non-hydrogen) atoms. The molecule has 0 atom stereocenters. The molecule has 0 aliphatic carbocycles. The van der Waals surface area contributed by atoms with Gasteiger partial charge >= 0.3 is 0 Å². The van der Waals surface area contributed by atoms with Crippen LogP contribution in [-0.4, -0.2) is 42.2 Å². The number of aromatic amines is 2. The quantitative estimate of drug-likeness (QED) is 0.0808. The fourth-order valence-electron chi connectivity index (χ4n) is 5.19. The first-order chi connectivity index (χ1) is 28.2. The summed E-state index contributed by atoms with van der Waals surface area (Å²) in [5.41, 5.74) is 2.49. The van der Waals surface area contributed by atoms with Gasteiger partial charge in [0.25, 0.3) is 0 Å². The van der Waals surface area contributed by atoms with Crippen LogP contribution in [0.1, 0.15) is 11.1 Å². The standard InChI is InChI=1S/2C21H14F2N4OS/c2*22-16-9-6-14(7-10-16)13-24-27-20(25-26-21(27)29)15-8-11-18(23)19(12-15)28-17-4-2-1-3-5-17/h2*1-13H,(H,26,29)/b2*24-13+. The van der Waals surface area contributed by atoms with Crippen LogP contribution in [0.5, 0.6) is 23.0 Å². The smallest absolute Gasteiger partial charge is 0.216 e. The van der Waals surface area contributed by atoms with E-state index in [1.165, 1.54) is 70.3 Å². The van der Waals surface area contributed by atoms with E-state index >= 15 is 0 Å². The summed E-state index contributed by atoms with van der Waals surface area (Å²) in [7, 11) is 0. The molecule has 10 nitrogen and oxygen atoms in total. The van der Waals surface area contributed by atoms with Crippen LogP contribution in [0.2, 0.25) is 0 Å². The number of hydrogen-bond donors (Lipinski definition) is 2. The summed E-state index contributed by atoms with van der Waals surface area (Å²) in [5, 5.41) is 22.3. The van der Waals surface area contributed by atoms with Gasteiger partial charge in [-0.25, -0.2) is 27.8 Å². The van der Waals surface area contributed by atoms with Gasteiger partial charge < -0.3 is 9.47 Å². The first kappa shape index (κ1) is 39.0. The van der Waals surface area contributed by atoms with Crippen LogP contribution < -0.4 is 9.47 Å². The molecule has 8 rings (SSSR count). The molecule has 0 saturated carbocycles. The maximum absolute atomic E-state index is 14.2. The molecule has 0 aliphatic rings. The second-order valence-corrected chi connectivity index (χ2v) is 12.8. The number of nitrogens with zero attached hydrogens (tertiary/aromatic N) is 6. The highest BCUT2D eigenvalue weighted by atomic mass is 32.1. The SMILES string of the molecule is Fc1ccc(/C=N/n2c(-c3ccc(F)c(Oc4ccccc4)c3)n[nH]c2=S)cc1.Fc1ccc(/C=N/n2c(-c3ccc(F)c(Oc4ccccc4)c3)n[nH]c2=S)cc1. The minimum Gasteiger partial charge on any atom is -0.454 e. The summed E-state index contributed by atoms with van der Waals surface area (Å²) in [6, 6.07) is 38.3. The first-order valence-electron chi connectivity index (χ1n) is 17.2. The van der Waals surface area contributed by atoms with Crippen molar-refractivity contribution in [1.82, 2.24) is 29.7 Å². The Morgan fingerprint density at radius 1 is 0.500 bits per heavy atom. The summed E-state index contributed by atoms with van der Waals surface area (Å²) < 4.78 is 69.2. The van der Waals surface area contributed by atoms with E-state index in [2.05, 4.69) is 30.6 Å². The van der Waals surface area contributed by atoms with Crippen LogP contribution >= 0.6 is 24.4 Å². The summed E-state index contributed by atoms with van der Waals surface area (Å²) in [6.45, 7) is 0. The number of ether oxygens (including phenoxy) is 2. The van der Waals surface area contributed by atoms with Gasteiger partial charge in [-0.1, -0.05) is 60.7 Å². The maximum atomic E-state index is 14.2. The lowest BCUT2D eigenvalue weighted by Gasteiger charge is -2.08. The lowest BCUT2D eigenvalue weighted by molar-refractivity contribution is 0.442. The summed E-state index contributed by atoms with van der Waals surface area (Å²) >= 11 is 10.5. The number of halogens is 4. The third kappa shape index (κ3) is 9.73. The maximum Gasteiger partial charge on any atom is 0.216 e. The van der Waals surface area contributed by atoms with Crippen molar-refractivity contribution < 1.29 is 27.0 Å². The minimum absolute atomic E-state index is 0.0525. The summed E-state index contributed by atoms with van der Waals surface area (Å²) in [6.07, 6.45) is 3.05. The predicted molar refractivity (Wildman–Crippen MR) is 217 cm³/mol. The monoisotopic (exact) mass is 816 g/mol. The molecule has 16 heteroatoms. The summed E-state index contributed by atoms with van der Waals surface area (Å²) in [5.74, 6) is 0.209. The number of aromatic nitrogens is 6. The average molecular weight is 817 g/mol. The first-order valence-corrected chi connectivity index (χ1v) is 18.0. The third-order valence-electron chi connectivity index (χ3n) is 8.01. The molecule has 0 aliphatic heterocycles. The van der Waals surface area contributed by atoms with Crippen LogP contribution in [0.3, 0.4) is 0 Å². The van der Waals surface area contributed by atoms with Gasteiger partial charge in [0.2, 0.25) is 9.54 Å². The van der Waals surface area contributed by atoms with Gasteiger partial charge in [0.15, 0.2) is 34.8 Å². The van der Waals surface area contributed by atoms with Gasteiger partial charge in [-0.2, -0.15) is 29.8 Å². The highest BCUT2D eigenvalue weighted by molar-refractivity contribution is 7.71. The molecule has 0 spiro atoms. The second-order valence-electron chi connectivity index (χ2n) is 12.0. The Morgan fingerprint density at radius 2 is 0.879 bits per heavy atom. The van der Waals surface area contributed by atoms with Crippen LogP contribution in [-0.2, 0) is 0 Å². The van der Waals surface area contributed by atoms with Crippen LogP contribution in [0, 0.1) is 32.8 Å². The van der Waals surface area contributed by atoms with Crippen molar-refractivity contribution >= 4 is 36.9 Å². The van der Waals surface area contributed by atoms with E-state index in [0.29, 0.717) is 45.4 Å². The summed E-state index contributed by atoms with van der Waals surface area (Å²) in [4.78, 5) is 0. The molecule has 288 valence electrons. The van der Waals surface area contributed by atoms with Crippen molar-refractivity contribution in [3.05, 3.63) is 190 Å². The van der Waals surface area contributed by atoms with Gasteiger partial charge in [0, 0.05) is 11.1 Å². The number of nitrogens with one attached hydrogen (secondary N) is 2. The Labute approximate surface area is 338 Å². The van der Waals surface area contributed by atoms with E-state index in [1.54, 1.807) is 84.9 Å². The molecule has 2 aromatic heterocycles. The zero-order valence-corrected chi connectivity index (χ0v) is 31.5. The van der Waals surface area contributed by atoms with E-state index in [0.717, 1.165) is 0 Å². The molecule has 0 amide bonds. The largest absolute Gasteiger partial charge is 0.454 e. The fourth-order valence-corrected chi connectivity index (χ4v) is 5.55. The molecular weight excluding hydrogens is 789 g/mol. The Hall–Kier alpha value is -7.30. The van der Waals surface area contributed by atoms with E-state index in [-0.39, 0.29) is 32.7 Å². The molecule has 0 unspecified atom stereocenters. The zero-order valence-electron chi connectivity index (χ0n) is 29.8. The molecule has 0 bridgehead atoms. The number of H-pyrrole nitrogens is 2. The van der Waals surface area contributed by atoms with Crippen LogP contribution in [0.25, 0.3) is 22.8 Å². The lowest BCUT2D eigenvalue weighted by Crippen LogP contribution is -1.96. The number of hydrogen-bond acceptors (Lipinski definition) is 8. The second kappa shape index (κ2) is 18.1. The van der Waals surface area contributed by atoms with Crippen molar-refractivity contribution in [3.63, 3.8) is 0 Å². The fraction of sp³-hybridized carbons (Fsp3) is 0. The van der Waals surface area contributed by atoms with Gasteiger partial charge in [0.1, 0.15) is 23.1 Å². The van der Waals surface area contributed by atoms with E-state index in [9.17, 15) is 17.6 Å². The van der Waals surface area contributed by atoms with Gasteiger partial charge in [0.05, 0.1) is 12.4 Å². The van der Waals surface area contributed by atoms with E-state index < -0.39 is 11.6 Å². The third-order valence-corrected chi connectivity index (χ3v) is 8.53. The minimum atomic E-state index is -0.506. The van der Waals surface area contributed by atoms with Crippen molar-refractivity contribution in [3.8, 4) is 45.8 Å². The van der Waals surface area contributed by atoms with Crippen molar-refractivity contribution in [2.75, 3.05) is 0 Å². The van der Waals surface area contributed by atoms with Crippen LogP contribution in [0.15, 0.2) is 156 Å². The number of rotatable bonds is 10. The van der Waals surface area contributed by atoms with Gasteiger partial charge in [-0.15, -0.1) is 0 Å². The Kier molecular flexibility index (Phi) is 12.2. The van der Waals surface area contributed by atoms with Gasteiger partial charge in [-0.05, 0) is 120 Å². The van der Waals surface area contributed by atoms with E-state index in [4.69, 9.17) is 33.9 Å². The highest BCUT2D eigenvalue weighted by Crippen LogP contribution is 2.31. The van der Waals surface area contributed by atoms with Gasteiger partial charge in [-0.3, -0.25) is 0 Å². The number of benzene rings is 6. The predicted octanol–water partition coefficient (Wildman–Crippen LogP) is 11.1. The Balaban J connectivity index is 0.000000177. The molecular formula is C42H28F4N8O2S2. The Bertz CT molecular complexity index is 2630. The highest BCUT2D eigenvalue weighted by Gasteiger charge is 2.15. The van der Waals surface area contributed by atoms with Crippen LogP contribution in [0.4, 0.5) is 17.6 Å². The molecule has 0 saturated heterocycles. The van der Waals surface area contributed by atoms with Crippen molar-refractivity contribution in [2.45, 2.75) is 0 Å². The molecule has 0 fully saturated rings. The Morgan fingerprint density at radius 3 is 1.26 bits per heavy atom. The van der Waals surface area contributed by atoms with E-state index in [1.807, 2.05) is 12.1 Å². The zero-order chi connectivity index (χ0) is 40.4. The molecule has 6 aromatic carbocycles. The van der Waals surface area contributed by atoms with Crippen molar-refractivity contribution in [2.24, 2.45) is 10.2 Å². The molecule has 0 radical (unpaired) electrons. The molecule has 2 N–H and O–H groups in total. The van der Waals surface area contributed by atoms with Crippen molar-refractivity contribution in [1.29, 1.82) is 0 Å². The molecule has 2 heterocycles. The average Bonchev–Trinajstić information content (AvgIpc) is 3.80. The molecule has 8 aromatic rings.